The maximum atomic E-state index is 12.3. The first kappa shape index (κ1) is 22.8. The summed E-state index contributed by atoms with van der Waals surface area (Å²) in [5, 5.41) is 7.30. The molecule has 8 heteroatoms. The summed E-state index contributed by atoms with van der Waals surface area (Å²) in [5.74, 6) is 0.508. The second-order valence-electron chi connectivity index (χ2n) is 6.79. The molecule has 0 saturated heterocycles. The van der Waals surface area contributed by atoms with Crippen molar-refractivity contribution in [2.24, 2.45) is 5.10 Å². The van der Waals surface area contributed by atoms with Gasteiger partial charge in [-0.2, -0.15) is 5.10 Å². The van der Waals surface area contributed by atoms with Crippen molar-refractivity contribution in [3.8, 4) is 11.5 Å². The zero-order valence-corrected chi connectivity index (χ0v) is 18.3. The summed E-state index contributed by atoms with van der Waals surface area (Å²) in [7, 11) is 1.55. The van der Waals surface area contributed by atoms with E-state index in [9.17, 15) is 9.59 Å². The average Bonchev–Trinajstić information content (AvgIpc) is 2.78. The van der Waals surface area contributed by atoms with Crippen LogP contribution in [0.2, 0.25) is 5.02 Å². The van der Waals surface area contributed by atoms with Gasteiger partial charge < -0.3 is 14.8 Å². The fraction of sp³-hybridized carbons (Fsp3) is 0.125. The summed E-state index contributed by atoms with van der Waals surface area (Å²) >= 11 is 5.90. The zero-order valence-electron chi connectivity index (χ0n) is 17.6. The monoisotopic (exact) mass is 451 g/mol. The molecule has 0 spiro atoms. The maximum absolute atomic E-state index is 12.3. The summed E-state index contributed by atoms with van der Waals surface area (Å²) in [6, 6.07) is 19.3. The number of halogens is 1. The van der Waals surface area contributed by atoms with E-state index in [0.29, 0.717) is 39.9 Å². The van der Waals surface area contributed by atoms with Gasteiger partial charge in [-0.1, -0.05) is 29.8 Å². The van der Waals surface area contributed by atoms with Crippen molar-refractivity contribution in [1.29, 1.82) is 0 Å². The van der Waals surface area contributed by atoms with Crippen LogP contribution in [0.25, 0.3) is 0 Å². The first-order valence-electron chi connectivity index (χ1n) is 9.71. The molecular weight excluding hydrogens is 430 g/mol. The molecule has 3 aromatic rings. The molecule has 3 rings (SSSR count). The number of anilines is 1. The maximum Gasteiger partial charge on any atom is 0.271 e. The highest BCUT2D eigenvalue weighted by molar-refractivity contribution is 6.30. The quantitative estimate of drug-likeness (QED) is 0.385. The van der Waals surface area contributed by atoms with Crippen molar-refractivity contribution < 1.29 is 19.1 Å². The number of ether oxygens (including phenoxy) is 2. The fourth-order valence-electron chi connectivity index (χ4n) is 2.80. The topological polar surface area (TPSA) is 89.0 Å². The van der Waals surface area contributed by atoms with E-state index in [4.69, 9.17) is 21.1 Å². The highest BCUT2D eigenvalue weighted by atomic mass is 35.5. The highest BCUT2D eigenvalue weighted by Gasteiger charge is 2.08. The van der Waals surface area contributed by atoms with Crippen LogP contribution in [0, 0.1) is 0 Å². The van der Waals surface area contributed by atoms with E-state index in [-0.39, 0.29) is 5.91 Å². The molecule has 2 N–H and O–H groups in total. The molecule has 0 fully saturated rings. The summed E-state index contributed by atoms with van der Waals surface area (Å²) in [5.41, 5.74) is 5.07. The van der Waals surface area contributed by atoms with E-state index >= 15 is 0 Å². The Labute approximate surface area is 191 Å². The number of hydrogen-bond donors (Lipinski definition) is 2. The first-order valence-corrected chi connectivity index (χ1v) is 10.1. The lowest BCUT2D eigenvalue weighted by molar-refractivity contribution is -0.114. The predicted octanol–water partition coefficient (Wildman–Crippen LogP) is 4.65. The molecule has 0 atom stereocenters. The van der Waals surface area contributed by atoms with E-state index in [2.05, 4.69) is 15.8 Å². The summed E-state index contributed by atoms with van der Waals surface area (Å²) < 4.78 is 11.2. The summed E-state index contributed by atoms with van der Waals surface area (Å²) in [6.07, 6.45) is 1.50. The smallest absolute Gasteiger partial charge is 0.271 e. The normalized spacial score (nSPS) is 10.6. The summed E-state index contributed by atoms with van der Waals surface area (Å²) in [6.45, 7) is 1.77. The molecule has 32 heavy (non-hydrogen) atoms. The molecule has 2 amide bonds. The van der Waals surface area contributed by atoms with E-state index < -0.39 is 5.91 Å². The SMILES string of the molecule is COc1cc(/C=N\NC(=O)c2cccc(NC(C)=O)c2)ccc1OCc1ccc(Cl)cc1. The van der Waals surface area contributed by atoms with Crippen molar-refractivity contribution in [3.63, 3.8) is 0 Å². The number of hydrazone groups is 1. The molecule has 0 saturated carbocycles. The Morgan fingerprint density at radius 1 is 1.03 bits per heavy atom. The van der Waals surface area contributed by atoms with E-state index in [1.54, 1.807) is 61.7 Å². The standard InChI is InChI=1S/C24H22ClN3O4/c1-16(29)27-21-5-3-4-19(13-21)24(30)28-26-14-18-8-11-22(23(12-18)31-2)32-15-17-6-9-20(25)10-7-17/h3-14H,15H2,1-2H3,(H,27,29)(H,28,30)/b26-14-. The number of hydrogen-bond acceptors (Lipinski definition) is 5. The molecule has 164 valence electrons. The molecule has 3 aromatic carbocycles. The molecule has 0 radical (unpaired) electrons. The first-order chi connectivity index (χ1) is 15.4. The van der Waals surface area contributed by atoms with Gasteiger partial charge in [0.25, 0.3) is 5.91 Å². The van der Waals surface area contributed by atoms with Crippen LogP contribution >= 0.6 is 11.6 Å². The van der Waals surface area contributed by atoms with Gasteiger partial charge in [0.15, 0.2) is 11.5 Å². The van der Waals surface area contributed by atoms with E-state index in [1.807, 2.05) is 12.1 Å². The Bertz CT molecular complexity index is 1130. The minimum absolute atomic E-state index is 0.213. The van der Waals surface area contributed by atoms with Crippen LogP contribution in [0.5, 0.6) is 11.5 Å². The zero-order chi connectivity index (χ0) is 22.9. The van der Waals surface area contributed by atoms with Crippen LogP contribution in [-0.2, 0) is 11.4 Å². The predicted molar refractivity (Wildman–Crippen MR) is 125 cm³/mol. The lowest BCUT2D eigenvalue weighted by atomic mass is 10.2. The Kier molecular flexibility index (Phi) is 7.83. The fourth-order valence-corrected chi connectivity index (χ4v) is 2.92. The van der Waals surface area contributed by atoms with Gasteiger partial charge >= 0.3 is 0 Å². The Balaban J connectivity index is 1.61. The van der Waals surface area contributed by atoms with Crippen LogP contribution in [-0.4, -0.2) is 25.1 Å². The van der Waals surface area contributed by atoms with Crippen LogP contribution < -0.4 is 20.2 Å². The number of carbonyl (C=O) groups excluding carboxylic acids is 2. The largest absolute Gasteiger partial charge is 0.493 e. The molecule has 0 bridgehead atoms. The number of amides is 2. The van der Waals surface area contributed by atoms with Crippen LogP contribution in [0.1, 0.15) is 28.4 Å². The van der Waals surface area contributed by atoms with Gasteiger partial charge in [0.05, 0.1) is 13.3 Å². The van der Waals surface area contributed by atoms with Gasteiger partial charge in [0.2, 0.25) is 5.91 Å². The van der Waals surface area contributed by atoms with Crippen molar-refractivity contribution in [1.82, 2.24) is 5.43 Å². The summed E-state index contributed by atoms with van der Waals surface area (Å²) in [4.78, 5) is 23.5. The average molecular weight is 452 g/mol. The van der Waals surface area contributed by atoms with Gasteiger partial charge in [-0.15, -0.1) is 0 Å². The second-order valence-corrected chi connectivity index (χ2v) is 7.22. The van der Waals surface area contributed by atoms with Gasteiger partial charge in [-0.25, -0.2) is 5.43 Å². The van der Waals surface area contributed by atoms with Crippen molar-refractivity contribution >= 4 is 35.3 Å². The number of nitrogens with zero attached hydrogens (tertiary/aromatic N) is 1. The Morgan fingerprint density at radius 2 is 1.81 bits per heavy atom. The lowest BCUT2D eigenvalue weighted by Gasteiger charge is -2.11. The molecule has 0 heterocycles. The molecule has 0 aliphatic heterocycles. The number of rotatable bonds is 8. The number of benzene rings is 3. The Hall–Kier alpha value is -3.84. The molecule has 0 aliphatic rings. The lowest BCUT2D eigenvalue weighted by Crippen LogP contribution is -2.18. The third-order valence-corrected chi connectivity index (χ3v) is 4.57. The van der Waals surface area contributed by atoms with Crippen LogP contribution in [0.3, 0.4) is 0 Å². The second kappa shape index (κ2) is 11.0. The van der Waals surface area contributed by atoms with Crippen LogP contribution in [0.15, 0.2) is 71.8 Å². The van der Waals surface area contributed by atoms with E-state index in [1.165, 1.54) is 13.1 Å². The van der Waals surface area contributed by atoms with Crippen LogP contribution in [0.4, 0.5) is 5.69 Å². The molecule has 7 nitrogen and oxygen atoms in total. The van der Waals surface area contributed by atoms with Crippen molar-refractivity contribution in [2.45, 2.75) is 13.5 Å². The molecule has 0 unspecified atom stereocenters. The van der Waals surface area contributed by atoms with Crippen molar-refractivity contribution in [3.05, 3.63) is 88.4 Å². The molecule has 0 aromatic heterocycles. The molecular formula is C24H22ClN3O4. The minimum atomic E-state index is -0.400. The molecule has 0 aliphatic carbocycles. The number of nitrogens with one attached hydrogen (secondary N) is 2. The van der Waals surface area contributed by atoms with E-state index in [0.717, 1.165) is 5.56 Å². The third-order valence-electron chi connectivity index (χ3n) is 4.32. The highest BCUT2D eigenvalue weighted by Crippen LogP contribution is 2.28. The Morgan fingerprint density at radius 3 is 2.53 bits per heavy atom. The number of carbonyl (C=O) groups is 2. The van der Waals surface area contributed by atoms with Gasteiger partial charge in [0, 0.05) is 23.2 Å². The van der Waals surface area contributed by atoms with Crippen molar-refractivity contribution in [2.75, 3.05) is 12.4 Å². The minimum Gasteiger partial charge on any atom is -0.493 e. The van der Waals surface area contributed by atoms with Gasteiger partial charge in [0.1, 0.15) is 6.61 Å². The number of methoxy groups -OCH3 is 1. The third kappa shape index (κ3) is 6.58. The van der Waals surface area contributed by atoms with Gasteiger partial charge in [-0.05, 0) is 59.7 Å². The van der Waals surface area contributed by atoms with Gasteiger partial charge in [-0.3, -0.25) is 9.59 Å².